The second-order valence-electron chi connectivity index (χ2n) is 4.24. The topological polar surface area (TPSA) is 21.3 Å². The van der Waals surface area contributed by atoms with Crippen molar-refractivity contribution in [1.29, 1.82) is 0 Å². The van der Waals surface area contributed by atoms with E-state index in [4.69, 9.17) is 4.74 Å². The Hall–Kier alpha value is -0.340. The summed E-state index contributed by atoms with van der Waals surface area (Å²) in [6.45, 7) is 3.00. The summed E-state index contributed by atoms with van der Waals surface area (Å²) in [5.74, 6) is 2.67. The molecule has 2 rings (SSSR count). The van der Waals surface area contributed by atoms with Gasteiger partial charge in [-0.05, 0) is 37.1 Å². The van der Waals surface area contributed by atoms with Crippen molar-refractivity contribution >= 4 is 0 Å². The molecule has 0 aliphatic heterocycles. The summed E-state index contributed by atoms with van der Waals surface area (Å²) in [6.07, 6.45) is 7.63. The highest BCUT2D eigenvalue weighted by molar-refractivity contribution is 5.10. The van der Waals surface area contributed by atoms with Crippen molar-refractivity contribution < 1.29 is 4.74 Å². The van der Waals surface area contributed by atoms with E-state index in [1.165, 1.54) is 19.4 Å². The van der Waals surface area contributed by atoms with Crippen molar-refractivity contribution in [3.63, 3.8) is 0 Å². The Balaban J connectivity index is 1.64. The van der Waals surface area contributed by atoms with Gasteiger partial charge in [-0.3, -0.25) is 0 Å². The molecule has 0 radical (unpaired) electrons. The van der Waals surface area contributed by atoms with E-state index in [-0.39, 0.29) is 0 Å². The van der Waals surface area contributed by atoms with Gasteiger partial charge in [0.1, 0.15) is 0 Å². The van der Waals surface area contributed by atoms with Crippen molar-refractivity contribution in [3.8, 4) is 0 Å². The molecule has 1 fully saturated rings. The predicted molar refractivity (Wildman–Crippen MR) is 53.6 cm³/mol. The Morgan fingerprint density at radius 1 is 1.38 bits per heavy atom. The van der Waals surface area contributed by atoms with E-state index >= 15 is 0 Å². The first-order valence-corrected chi connectivity index (χ1v) is 5.28. The van der Waals surface area contributed by atoms with Crippen molar-refractivity contribution in [1.82, 2.24) is 5.32 Å². The fourth-order valence-electron chi connectivity index (χ4n) is 2.59. The van der Waals surface area contributed by atoms with Gasteiger partial charge in [0.2, 0.25) is 0 Å². The first-order valence-electron chi connectivity index (χ1n) is 5.28. The minimum absolute atomic E-state index is 0.830. The molecule has 2 bridgehead atoms. The number of hydrogen-bond donors (Lipinski definition) is 1. The molecule has 0 aromatic heterocycles. The molecule has 2 aliphatic rings. The molecule has 0 saturated heterocycles. The van der Waals surface area contributed by atoms with E-state index < -0.39 is 0 Å². The van der Waals surface area contributed by atoms with Gasteiger partial charge in [0.05, 0.1) is 6.61 Å². The average molecular weight is 181 g/mol. The fraction of sp³-hybridized carbons (Fsp3) is 0.818. The number of ether oxygens (including phenoxy) is 1. The molecule has 2 aliphatic carbocycles. The largest absolute Gasteiger partial charge is 0.383 e. The van der Waals surface area contributed by atoms with Crippen LogP contribution in [0.25, 0.3) is 0 Å². The highest BCUT2D eigenvalue weighted by Crippen LogP contribution is 2.42. The van der Waals surface area contributed by atoms with Gasteiger partial charge in [-0.15, -0.1) is 0 Å². The minimum Gasteiger partial charge on any atom is -0.383 e. The Kier molecular flexibility index (Phi) is 3.01. The summed E-state index contributed by atoms with van der Waals surface area (Å²) >= 11 is 0. The summed E-state index contributed by atoms with van der Waals surface area (Å²) in [5.41, 5.74) is 0. The Morgan fingerprint density at radius 3 is 2.92 bits per heavy atom. The third kappa shape index (κ3) is 2.12. The van der Waals surface area contributed by atoms with Gasteiger partial charge in [0.25, 0.3) is 0 Å². The molecule has 0 aromatic carbocycles. The molecule has 3 atom stereocenters. The van der Waals surface area contributed by atoms with E-state index in [1.807, 2.05) is 0 Å². The first-order chi connectivity index (χ1) is 6.40. The summed E-state index contributed by atoms with van der Waals surface area (Å²) < 4.78 is 4.99. The molecule has 13 heavy (non-hydrogen) atoms. The molecular formula is C11H19NO. The maximum Gasteiger partial charge on any atom is 0.0587 e. The lowest BCUT2D eigenvalue weighted by Gasteiger charge is -2.18. The molecule has 0 unspecified atom stereocenters. The van der Waals surface area contributed by atoms with E-state index in [9.17, 15) is 0 Å². The smallest absolute Gasteiger partial charge is 0.0587 e. The normalized spacial score (nSPS) is 35.9. The number of nitrogens with one attached hydrogen (secondary N) is 1. The SMILES string of the molecule is COCCNC[C@H]1C[C@@H]2C=C[C@H]1C2. The van der Waals surface area contributed by atoms with Crippen LogP contribution in [0.5, 0.6) is 0 Å². The van der Waals surface area contributed by atoms with Crippen LogP contribution in [0.3, 0.4) is 0 Å². The summed E-state index contributed by atoms with van der Waals surface area (Å²) in [5, 5.41) is 3.45. The Morgan fingerprint density at radius 2 is 2.31 bits per heavy atom. The molecule has 74 valence electrons. The van der Waals surface area contributed by atoms with Crippen LogP contribution in [0.1, 0.15) is 12.8 Å². The summed E-state index contributed by atoms with van der Waals surface area (Å²) in [6, 6.07) is 0. The van der Waals surface area contributed by atoms with Gasteiger partial charge in [0.15, 0.2) is 0 Å². The zero-order valence-corrected chi connectivity index (χ0v) is 8.33. The van der Waals surface area contributed by atoms with Crippen molar-refractivity contribution in [3.05, 3.63) is 12.2 Å². The molecular weight excluding hydrogens is 162 g/mol. The van der Waals surface area contributed by atoms with E-state index in [1.54, 1.807) is 7.11 Å². The second kappa shape index (κ2) is 4.25. The molecule has 1 saturated carbocycles. The van der Waals surface area contributed by atoms with Crippen molar-refractivity contribution in [2.24, 2.45) is 17.8 Å². The van der Waals surface area contributed by atoms with Gasteiger partial charge in [-0.1, -0.05) is 12.2 Å². The van der Waals surface area contributed by atoms with Gasteiger partial charge in [-0.25, -0.2) is 0 Å². The van der Waals surface area contributed by atoms with Gasteiger partial charge < -0.3 is 10.1 Å². The first kappa shape index (κ1) is 9.22. The molecule has 0 heterocycles. The van der Waals surface area contributed by atoms with Crippen molar-refractivity contribution in [2.75, 3.05) is 26.8 Å². The highest BCUT2D eigenvalue weighted by Gasteiger charge is 2.34. The van der Waals surface area contributed by atoms with Crippen LogP contribution >= 0.6 is 0 Å². The maximum absolute atomic E-state index is 4.99. The third-order valence-electron chi connectivity index (χ3n) is 3.31. The van der Waals surface area contributed by atoms with E-state index in [2.05, 4.69) is 17.5 Å². The van der Waals surface area contributed by atoms with Gasteiger partial charge in [0, 0.05) is 13.7 Å². The van der Waals surface area contributed by atoms with Crippen molar-refractivity contribution in [2.45, 2.75) is 12.8 Å². The zero-order chi connectivity index (χ0) is 9.10. The predicted octanol–water partition coefficient (Wildman–Crippen LogP) is 1.43. The van der Waals surface area contributed by atoms with Crippen LogP contribution in [-0.4, -0.2) is 26.8 Å². The van der Waals surface area contributed by atoms with Crippen LogP contribution in [0, 0.1) is 17.8 Å². The lowest BCUT2D eigenvalue weighted by Crippen LogP contribution is -2.28. The van der Waals surface area contributed by atoms with Crippen LogP contribution in [0.4, 0.5) is 0 Å². The lowest BCUT2D eigenvalue weighted by atomic mass is 9.94. The summed E-state index contributed by atoms with van der Waals surface area (Å²) in [4.78, 5) is 0. The standard InChI is InChI=1S/C11H19NO/c1-13-5-4-12-8-11-7-9-2-3-10(11)6-9/h2-3,9-12H,4-8H2,1H3/t9-,10+,11-/m1/s1. The molecule has 2 nitrogen and oxygen atoms in total. The van der Waals surface area contributed by atoms with Crippen LogP contribution in [0.15, 0.2) is 12.2 Å². The average Bonchev–Trinajstić information content (AvgIpc) is 2.73. The number of allylic oxidation sites excluding steroid dienone is 2. The van der Waals surface area contributed by atoms with Gasteiger partial charge >= 0.3 is 0 Å². The number of rotatable bonds is 5. The summed E-state index contributed by atoms with van der Waals surface area (Å²) in [7, 11) is 1.75. The quantitative estimate of drug-likeness (QED) is 0.512. The Bertz CT molecular complexity index is 191. The monoisotopic (exact) mass is 181 g/mol. The number of hydrogen-bond acceptors (Lipinski definition) is 2. The molecule has 0 spiro atoms. The Labute approximate surface area is 80.4 Å². The third-order valence-corrected chi connectivity index (χ3v) is 3.31. The number of fused-ring (bicyclic) bond motifs is 2. The molecule has 0 amide bonds. The lowest BCUT2D eigenvalue weighted by molar-refractivity contribution is 0.197. The molecule has 2 heteroatoms. The molecule has 1 N–H and O–H groups in total. The minimum atomic E-state index is 0.830. The van der Waals surface area contributed by atoms with E-state index in [0.717, 1.165) is 30.9 Å². The van der Waals surface area contributed by atoms with Crippen LogP contribution in [0.2, 0.25) is 0 Å². The highest BCUT2D eigenvalue weighted by atomic mass is 16.5. The molecule has 0 aromatic rings. The zero-order valence-electron chi connectivity index (χ0n) is 8.33. The number of methoxy groups -OCH3 is 1. The van der Waals surface area contributed by atoms with Crippen LogP contribution < -0.4 is 5.32 Å². The van der Waals surface area contributed by atoms with Gasteiger partial charge in [-0.2, -0.15) is 0 Å². The fourth-order valence-corrected chi connectivity index (χ4v) is 2.59. The maximum atomic E-state index is 4.99. The van der Waals surface area contributed by atoms with E-state index in [0.29, 0.717) is 0 Å². The second-order valence-corrected chi connectivity index (χ2v) is 4.24. The van der Waals surface area contributed by atoms with Crippen LogP contribution in [-0.2, 0) is 4.74 Å².